The van der Waals surface area contributed by atoms with E-state index >= 15 is 0 Å². The van der Waals surface area contributed by atoms with Gasteiger partial charge in [0.15, 0.2) is 0 Å². The van der Waals surface area contributed by atoms with E-state index in [9.17, 15) is 0 Å². The minimum absolute atomic E-state index is 0.223. The van der Waals surface area contributed by atoms with Gasteiger partial charge in [-0.05, 0) is 47.4 Å². The molecule has 88 valence electrons. The Morgan fingerprint density at radius 2 is 2.00 bits per heavy atom. The number of thiophene rings is 1. The van der Waals surface area contributed by atoms with Gasteiger partial charge >= 0.3 is 0 Å². The first kappa shape index (κ1) is 11.8. The van der Waals surface area contributed by atoms with Gasteiger partial charge in [0.25, 0.3) is 0 Å². The molecule has 0 saturated heterocycles. The highest BCUT2D eigenvalue weighted by Crippen LogP contribution is 2.39. The van der Waals surface area contributed by atoms with Crippen LogP contribution in [0.5, 0.6) is 0 Å². The second-order valence-electron chi connectivity index (χ2n) is 4.38. The molecule has 1 aromatic carbocycles. The van der Waals surface area contributed by atoms with Crippen LogP contribution >= 0.6 is 38.9 Å². The predicted octanol–water partition coefficient (Wildman–Crippen LogP) is 5.37. The van der Waals surface area contributed by atoms with Gasteiger partial charge in [-0.15, -0.1) is 11.3 Å². The summed E-state index contributed by atoms with van der Waals surface area (Å²) in [6, 6.07) is 8.79. The van der Waals surface area contributed by atoms with Crippen LogP contribution in [0.1, 0.15) is 32.8 Å². The fourth-order valence-electron chi connectivity index (χ4n) is 2.39. The molecule has 0 fully saturated rings. The molecule has 0 nitrogen and oxygen atoms in total. The molecule has 2 aromatic rings. The molecule has 3 heteroatoms. The van der Waals surface area contributed by atoms with E-state index in [1.165, 1.54) is 40.8 Å². The zero-order valence-corrected chi connectivity index (χ0v) is 12.4. The fourth-order valence-corrected chi connectivity index (χ4v) is 4.54. The van der Waals surface area contributed by atoms with Crippen molar-refractivity contribution in [3.63, 3.8) is 0 Å². The lowest BCUT2D eigenvalue weighted by molar-refractivity contribution is 0.911. The topological polar surface area (TPSA) is 0 Å². The summed E-state index contributed by atoms with van der Waals surface area (Å²) in [6.07, 6.45) is 3.76. The van der Waals surface area contributed by atoms with Gasteiger partial charge < -0.3 is 0 Å². The van der Waals surface area contributed by atoms with Crippen LogP contribution in [0, 0.1) is 0 Å². The zero-order valence-electron chi connectivity index (χ0n) is 9.25. The molecule has 1 unspecified atom stereocenters. The van der Waals surface area contributed by atoms with Crippen molar-refractivity contribution in [1.82, 2.24) is 0 Å². The van der Waals surface area contributed by atoms with Crippen molar-refractivity contribution >= 4 is 38.9 Å². The Hall–Kier alpha value is -0.310. The summed E-state index contributed by atoms with van der Waals surface area (Å²) in [7, 11) is 0. The number of hydrogen-bond donors (Lipinski definition) is 0. The smallest absolute Gasteiger partial charge is 0.0753 e. The molecule has 1 aliphatic rings. The van der Waals surface area contributed by atoms with E-state index in [1.54, 1.807) is 11.3 Å². The van der Waals surface area contributed by atoms with Gasteiger partial charge in [0.2, 0.25) is 0 Å². The molecule has 0 saturated carbocycles. The summed E-state index contributed by atoms with van der Waals surface area (Å²) in [5.74, 6) is 0. The number of rotatable bonds is 2. The minimum atomic E-state index is 0.223. The van der Waals surface area contributed by atoms with Crippen molar-refractivity contribution in [1.29, 1.82) is 0 Å². The second kappa shape index (κ2) is 4.75. The number of fused-ring (bicyclic) bond motifs is 1. The van der Waals surface area contributed by atoms with Crippen molar-refractivity contribution in [3.8, 4) is 0 Å². The van der Waals surface area contributed by atoms with Crippen LogP contribution in [0.2, 0.25) is 5.02 Å². The summed E-state index contributed by atoms with van der Waals surface area (Å²) in [6.45, 7) is 0. The summed E-state index contributed by atoms with van der Waals surface area (Å²) >= 11 is 11.6. The van der Waals surface area contributed by atoms with Crippen LogP contribution in [-0.4, -0.2) is 0 Å². The van der Waals surface area contributed by atoms with Gasteiger partial charge in [-0.3, -0.25) is 0 Å². The molecular formula is C14H12BrClS. The normalized spacial score (nSPS) is 15.9. The molecule has 1 atom stereocenters. The van der Waals surface area contributed by atoms with Crippen LogP contribution in [0.25, 0.3) is 0 Å². The minimum Gasteiger partial charge on any atom is -0.146 e. The Bertz CT molecular complexity index is 547. The van der Waals surface area contributed by atoms with Crippen molar-refractivity contribution in [2.75, 3.05) is 0 Å². The highest BCUT2D eigenvalue weighted by atomic mass is 79.9. The Balaban J connectivity index is 1.97. The van der Waals surface area contributed by atoms with Gasteiger partial charge in [0.1, 0.15) is 0 Å². The second-order valence-corrected chi connectivity index (χ2v) is 6.65. The Morgan fingerprint density at radius 1 is 1.18 bits per heavy atom. The lowest BCUT2D eigenvalue weighted by Gasteiger charge is -2.11. The highest BCUT2D eigenvalue weighted by Gasteiger charge is 2.18. The SMILES string of the molecule is Clc1ccsc1C(Br)c1ccc2c(c1)CCC2. The van der Waals surface area contributed by atoms with Crippen LogP contribution in [0.3, 0.4) is 0 Å². The number of aryl methyl sites for hydroxylation is 2. The third kappa shape index (κ3) is 2.18. The van der Waals surface area contributed by atoms with Crippen LogP contribution in [0.15, 0.2) is 29.6 Å². The molecule has 3 rings (SSSR count). The first-order valence-corrected chi connectivity index (χ1v) is 7.91. The molecule has 0 aliphatic heterocycles. The van der Waals surface area contributed by atoms with Gasteiger partial charge in [-0.1, -0.05) is 45.7 Å². The summed E-state index contributed by atoms with van der Waals surface area (Å²) in [4.78, 5) is 1.42. The van der Waals surface area contributed by atoms with E-state index in [-0.39, 0.29) is 4.83 Å². The third-order valence-corrected chi connectivity index (χ3v) is 6.00. The fraction of sp³-hybridized carbons (Fsp3) is 0.286. The van der Waals surface area contributed by atoms with Crippen LogP contribution in [-0.2, 0) is 12.8 Å². The Labute approximate surface area is 119 Å². The summed E-state index contributed by atoms with van der Waals surface area (Å²) < 4.78 is 0. The molecule has 0 bridgehead atoms. The molecule has 0 spiro atoms. The predicted molar refractivity (Wildman–Crippen MR) is 78.6 cm³/mol. The maximum atomic E-state index is 6.18. The van der Waals surface area contributed by atoms with Crippen molar-refractivity contribution < 1.29 is 0 Å². The average Bonchev–Trinajstić information content (AvgIpc) is 2.95. The van der Waals surface area contributed by atoms with Gasteiger partial charge in [-0.25, -0.2) is 0 Å². The number of alkyl halides is 1. The quantitative estimate of drug-likeness (QED) is 0.650. The highest BCUT2D eigenvalue weighted by molar-refractivity contribution is 9.09. The molecule has 0 amide bonds. The number of benzene rings is 1. The van der Waals surface area contributed by atoms with Crippen LogP contribution < -0.4 is 0 Å². The van der Waals surface area contributed by atoms with Crippen LogP contribution in [0.4, 0.5) is 0 Å². The van der Waals surface area contributed by atoms with E-state index < -0.39 is 0 Å². The zero-order chi connectivity index (χ0) is 11.8. The third-order valence-electron chi connectivity index (χ3n) is 3.29. The molecule has 0 radical (unpaired) electrons. The molecular weight excluding hydrogens is 316 g/mol. The number of hydrogen-bond acceptors (Lipinski definition) is 1. The van der Waals surface area contributed by atoms with E-state index in [2.05, 4.69) is 34.1 Å². The monoisotopic (exact) mass is 326 g/mol. The first-order valence-electron chi connectivity index (χ1n) is 5.74. The van der Waals surface area contributed by atoms with Crippen molar-refractivity contribution in [2.24, 2.45) is 0 Å². The standard InChI is InChI=1S/C14H12BrClS/c15-13(14-12(16)6-7-17-14)11-5-4-9-2-1-3-10(9)8-11/h4-8,13H,1-3H2. The van der Waals surface area contributed by atoms with E-state index in [1.807, 2.05) is 11.4 Å². The largest absolute Gasteiger partial charge is 0.146 e. The number of halogens is 2. The Morgan fingerprint density at radius 3 is 2.76 bits per heavy atom. The van der Waals surface area contributed by atoms with E-state index in [0.717, 1.165) is 5.02 Å². The Kier molecular flexibility index (Phi) is 3.29. The maximum Gasteiger partial charge on any atom is 0.0753 e. The lowest BCUT2D eigenvalue weighted by atomic mass is 10.0. The van der Waals surface area contributed by atoms with Crippen molar-refractivity contribution in [3.05, 3.63) is 56.2 Å². The van der Waals surface area contributed by atoms with Crippen molar-refractivity contribution in [2.45, 2.75) is 24.1 Å². The molecule has 17 heavy (non-hydrogen) atoms. The van der Waals surface area contributed by atoms with Gasteiger partial charge in [0, 0.05) is 4.88 Å². The maximum absolute atomic E-state index is 6.18. The summed E-state index contributed by atoms with van der Waals surface area (Å²) in [5, 5.41) is 2.90. The molecule has 0 N–H and O–H groups in total. The van der Waals surface area contributed by atoms with Gasteiger partial charge in [-0.2, -0.15) is 0 Å². The molecule has 1 heterocycles. The lowest BCUT2D eigenvalue weighted by Crippen LogP contribution is -1.93. The van der Waals surface area contributed by atoms with E-state index in [4.69, 9.17) is 11.6 Å². The van der Waals surface area contributed by atoms with Gasteiger partial charge in [0.05, 0.1) is 9.85 Å². The summed E-state index contributed by atoms with van der Waals surface area (Å²) in [5.41, 5.74) is 4.35. The molecule has 1 aliphatic carbocycles. The first-order chi connectivity index (χ1) is 8.25. The average molecular weight is 328 g/mol. The molecule has 1 aromatic heterocycles. The van der Waals surface area contributed by atoms with E-state index in [0.29, 0.717) is 0 Å².